The minimum absolute atomic E-state index is 0.0959. The molecule has 2 amide bonds. The summed E-state index contributed by atoms with van der Waals surface area (Å²) in [4.78, 5) is 16.5. The van der Waals surface area contributed by atoms with E-state index in [4.69, 9.17) is 9.47 Å². The van der Waals surface area contributed by atoms with Gasteiger partial charge in [0.25, 0.3) is 0 Å². The maximum absolute atomic E-state index is 14.0. The second kappa shape index (κ2) is 7.46. The quantitative estimate of drug-likeness (QED) is 0.865. The first kappa shape index (κ1) is 18.1. The van der Waals surface area contributed by atoms with E-state index in [9.17, 15) is 9.18 Å². The number of urea groups is 1. The first-order valence-corrected chi connectivity index (χ1v) is 10.2. The number of fused-ring (bicyclic) bond motifs is 2. The summed E-state index contributed by atoms with van der Waals surface area (Å²) < 4.78 is 25.6. The standard InChI is InChI=1S/C22H24FN3O3/c23-18-3-1-2-4-19(18)25-7-9-26(10-8-25)22(27)24-14-17-16-6-12-28-20(16)13-15-5-11-29-21(15)17/h1-4,13H,5-12,14H2,(H,24,27). The van der Waals surface area contributed by atoms with Crippen LogP contribution in [0.5, 0.6) is 11.5 Å². The van der Waals surface area contributed by atoms with Crippen LogP contribution in [-0.4, -0.2) is 50.3 Å². The Labute approximate surface area is 169 Å². The van der Waals surface area contributed by atoms with Gasteiger partial charge in [-0.2, -0.15) is 0 Å². The number of halogens is 1. The van der Waals surface area contributed by atoms with Gasteiger partial charge in [-0.15, -0.1) is 0 Å². The van der Waals surface area contributed by atoms with Crippen molar-refractivity contribution in [2.24, 2.45) is 0 Å². The lowest BCUT2D eigenvalue weighted by Crippen LogP contribution is -2.52. The molecule has 0 atom stereocenters. The Morgan fingerprint density at radius 3 is 2.69 bits per heavy atom. The van der Waals surface area contributed by atoms with Crippen LogP contribution >= 0.6 is 0 Å². The van der Waals surface area contributed by atoms with E-state index in [0.29, 0.717) is 51.6 Å². The fraction of sp³-hybridized carbons (Fsp3) is 0.409. The molecule has 3 heterocycles. The van der Waals surface area contributed by atoms with Gasteiger partial charge >= 0.3 is 6.03 Å². The Kier molecular flexibility index (Phi) is 4.66. The van der Waals surface area contributed by atoms with E-state index >= 15 is 0 Å². The van der Waals surface area contributed by atoms with Crippen molar-refractivity contribution in [3.05, 3.63) is 52.8 Å². The van der Waals surface area contributed by atoms with E-state index in [1.807, 2.05) is 11.0 Å². The smallest absolute Gasteiger partial charge is 0.317 e. The lowest BCUT2D eigenvalue weighted by molar-refractivity contribution is 0.193. The Morgan fingerprint density at radius 1 is 1.07 bits per heavy atom. The molecule has 29 heavy (non-hydrogen) atoms. The van der Waals surface area contributed by atoms with Crippen molar-refractivity contribution >= 4 is 11.7 Å². The number of ether oxygens (including phenoxy) is 2. The number of amides is 2. The second-order valence-corrected chi connectivity index (χ2v) is 7.60. The molecule has 6 nitrogen and oxygen atoms in total. The number of carbonyl (C=O) groups is 1. The van der Waals surface area contributed by atoms with E-state index < -0.39 is 0 Å². The van der Waals surface area contributed by atoms with E-state index in [0.717, 1.165) is 41.0 Å². The predicted octanol–water partition coefficient (Wildman–Crippen LogP) is 2.73. The predicted molar refractivity (Wildman–Crippen MR) is 107 cm³/mol. The summed E-state index contributed by atoms with van der Waals surface area (Å²) in [6, 6.07) is 8.76. The zero-order valence-corrected chi connectivity index (χ0v) is 16.2. The third-order valence-electron chi connectivity index (χ3n) is 5.94. The van der Waals surface area contributed by atoms with Crippen molar-refractivity contribution in [1.29, 1.82) is 0 Å². The summed E-state index contributed by atoms with van der Waals surface area (Å²) in [5.74, 6) is 1.62. The second-order valence-electron chi connectivity index (χ2n) is 7.60. The molecule has 0 bridgehead atoms. The SMILES string of the molecule is O=C(NCc1c2c(cc3c1OCC3)OCC2)N1CCN(c2ccccc2F)CC1. The Hall–Kier alpha value is -2.96. The summed E-state index contributed by atoms with van der Waals surface area (Å²) in [6.07, 6.45) is 1.73. The molecule has 5 rings (SSSR count). The van der Waals surface area contributed by atoms with Gasteiger partial charge in [-0.1, -0.05) is 12.1 Å². The van der Waals surface area contributed by atoms with Crippen LogP contribution in [-0.2, 0) is 19.4 Å². The first-order valence-electron chi connectivity index (χ1n) is 10.2. The molecule has 0 aliphatic carbocycles. The van der Waals surface area contributed by atoms with Gasteiger partial charge in [-0.25, -0.2) is 9.18 Å². The average Bonchev–Trinajstić information content (AvgIpc) is 3.40. The van der Waals surface area contributed by atoms with Crippen molar-refractivity contribution in [3.8, 4) is 11.5 Å². The molecule has 0 unspecified atom stereocenters. The highest BCUT2D eigenvalue weighted by Gasteiger charge is 2.28. The van der Waals surface area contributed by atoms with Gasteiger partial charge in [0, 0.05) is 62.3 Å². The Balaban J connectivity index is 1.23. The molecule has 1 fully saturated rings. The summed E-state index contributed by atoms with van der Waals surface area (Å²) in [7, 11) is 0. The highest BCUT2D eigenvalue weighted by Crippen LogP contribution is 2.40. The normalized spacial score (nSPS) is 17.4. The van der Waals surface area contributed by atoms with Crippen molar-refractivity contribution in [2.75, 3.05) is 44.3 Å². The lowest BCUT2D eigenvalue weighted by atomic mass is 9.99. The van der Waals surface area contributed by atoms with Gasteiger partial charge in [0.15, 0.2) is 0 Å². The maximum atomic E-state index is 14.0. The third kappa shape index (κ3) is 3.34. The molecule has 2 aromatic rings. The fourth-order valence-corrected chi connectivity index (χ4v) is 4.41. The molecule has 1 saturated heterocycles. The summed E-state index contributed by atoms with van der Waals surface area (Å²) in [5, 5.41) is 3.05. The summed E-state index contributed by atoms with van der Waals surface area (Å²) >= 11 is 0. The van der Waals surface area contributed by atoms with Gasteiger partial charge in [0.1, 0.15) is 17.3 Å². The minimum Gasteiger partial charge on any atom is -0.493 e. The number of nitrogens with zero attached hydrogens (tertiary/aromatic N) is 2. The molecule has 7 heteroatoms. The third-order valence-corrected chi connectivity index (χ3v) is 5.94. The molecule has 0 aromatic heterocycles. The number of nitrogens with one attached hydrogen (secondary N) is 1. The lowest BCUT2D eigenvalue weighted by Gasteiger charge is -2.36. The molecule has 0 radical (unpaired) electrons. The molecule has 3 aliphatic rings. The van der Waals surface area contributed by atoms with Crippen LogP contribution in [0.1, 0.15) is 16.7 Å². The van der Waals surface area contributed by atoms with Gasteiger partial charge in [0.2, 0.25) is 0 Å². The number of rotatable bonds is 3. The van der Waals surface area contributed by atoms with E-state index in [-0.39, 0.29) is 11.8 Å². The number of carbonyl (C=O) groups excluding carboxylic acids is 1. The van der Waals surface area contributed by atoms with Crippen molar-refractivity contribution in [1.82, 2.24) is 10.2 Å². The Bertz CT molecular complexity index is 909. The zero-order chi connectivity index (χ0) is 19.8. The van der Waals surface area contributed by atoms with Crippen LogP contribution in [0.3, 0.4) is 0 Å². The monoisotopic (exact) mass is 397 g/mol. The Morgan fingerprint density at radius 2 is 1.86 bits per heavy atom. The number of benzene rings is 2. The fourth-order valence-electron chi connectivity index (χ4n) is 4.41. The molecule has 1 N–H and O–H groups in total. The van der Waals surface area contributed by atoms with E-state index in [2.05, 4.69) is 11.4 Å². The molecule has 3 aliphatic heterocycles. The molecular weight excluding hydrogens is 373 g/mol. The van der Waals surface area contributed by atoms with Crippen molar-refractivity contribution in [3.63, 3.8) is 0 Å². The summed E-state index contributed by atoms with van der Waals surface area (Å²) in [6.45, 7) is 4.13. The highest BCUT2D eigenvalue weighted by molar-refractivity contribution is 5.75. The van der Waals surface area contributed by atoms with E-state index in [1.54, 1.807) is 17.0 Å². The van der Waals surface area contributed by atoms with Gasteiger partial charge in [-0.05, 0) is 18.2 Å². The van der Waals surface area contributed by atoms with Crippen LogP contribution in [0.4, 0.5) is 14.9 Å². The van der Waals surface area contributed by atoms with Gasteiger partial charge < -0.3 is 24.6 Å². The molecule has 0 spiro atoms. The zero-order valence-electron chi connectivity index (χ0n) is 16.2. The van der Waals surface area contributed by atoms with Gasteiger partial charge in [0.05, 0.1) is 18.9 Å². The van der Waals surface area contributed by atoms with Crippen LogP contribution in [0, 0.1) is 5.82 Å². The van der Waals surface area contributed by atoms with Crippen molar-refractivity contribution < 1.29 is 18.7 Å². The van der Waals surface area contributed by atoms with Gasteiger partial charge in [-0.3, -0.25) is 0 Å². The largest absolute Gasteiger partial charge is 0.493 e. The molecule has 0 saturated carbocycles. The molecule has 152 valence electrons. The number of anilines is 1. The minimum atomic E-state index is -0.223. The number of hydrogen-bond donors (Lipinski definition) is 1. The molecular formula is C22H24FN3O3. The highest BCUT2D eigenvalue weighted by atomic mass is 19.1. The first-order chi connectivity index (χ1) is 14.2. The van der Waals surface area contributed by atoms with Crippen LogP contribution in [0.25, 0.3) is 0 Å². The topological polar surface area (TPSA) is 54.0 Å². The average molecular weight is 397 g/mol. The van der Waals surface area contributed by atoms with Crippen LogP contribution in [0.2, 0.25) is 0 Å². The maximum Gasteiger partial charge on any atom is 0.317 e. The number of para-hydroxylation sites is 1. The van der Waals surface area contributed by atoms with Crippen LogP contribution < -0.4 is 19.7 Å². The van der Waals surface area contributed by atoms with Crippen molar-refractivity contribution in [2.45, 2.75) is 19.4 Å². The number of hydrogen-bond acceptors (Lipinski definition) is 4. The summed E-state index contributed by atoms with van der Waals surface area (Å²) in [5.41, 5.74) is 3.95. The van der Waals surface area contributed by atoms with E-state index in [1.165, 1.54) is 6.07 Å². The van der Waals surface area contributed by atoms with Crippen LogP contribution in [0.15, 0.2) is 30.3 Å². The molecule has 2 aromatic carbocycles. The number of piperazine rings is 1.